The zero-order valence-corrected chi connectivity index (χ0v) is 18.0. The third-order valence-corrected chi connectivity index (χ3v) is 5.76. The summed E-state index contributed by atoms with van der Waals surface area (Å²) in [5, 5.41) is 42.3. The maximum absolute atomic E-state index is 11.9. The van der Waals surface area contributed by atoms with Crippen molar-refractivity contribution in [3.05, 3.63) is 24.3 Å². The van der Waals surface area contributed by atoms with Crippen molar-refractivity contribution in [1.29, 1.82) is 0 Å². The number of hydrogen-bond donors (Lipinski definition) is 6. The Bertz CT molecular complexity index is 691. The summed E-state index contributed by atoms with van der Waals surface area (Å²) in [7, 11) is 0. The van der Waals surface area contributed by atoms with E-state index in [0.29, 0.717) is 10.0 Å². The first-order valence-corrected chi connectivity index (χ1v) is 11.4. The van der Waals surface area contributed by atoms with Crippen LogP contribution in [-0.2, 0) is 18.1 Å². The van der Waals surface area contributed by atoms with Crippen LogP contribution in [0.4, 0.5) is 5.69 Å². The molecule has 2 amide bonds. The fraction of sp³-hybridized carbons (Fsp3) is 0.471. The summed E-state index contributed by atoms with van der Waals surface area (Å²) in [5.74, 6) is -0.512. The average Bonchev–Trinajstić information content (AvgIpc) is 2.73. The molecule has 1 rings (SSSR count). The van der Waals surface area contributed by atoms with E-state index in [1.54, 1.807) is 24.3 Å². The van der Waals surface area contributed by atoms with Gasteiger partial charge in [0, 0.05) is 0 Å². The van der Waals surface area contributed by atoms with Crippen LogP contribution in [0.25, 0.3) is 0 Å². The van der Waals surface area contributed by atoms with Gasteiger partial charge in [0.15, 0.2) is 0 Å². The molecule has 6 N–H and O–H groups in total. The molecule has 1 aromatic rings. The summed E-state index contributed by atoms with van der Waals surface area (Å²) in [6.45, 7) is -0.819. The minimum Gasteiger partial charge on any atom is -0.394 e. The van der Waals surface area contributed by atoms with E-state index >= 15 is 0 Å². The number of carbonyl (C=O) groups excluding carboxylic acids is 3. The number of aldehydes is 1. The Hall–Kier alpha value is -1.62. The molecule has 0 unspecified atom stereocenters. The van der Waals surface area contributed by atoms with Crippen LogP contribution in [0.2, 0.25) is 0 Å². The molecule has 0 heterocycles. The van der Waals surface area contributed by atoms with Crippen molar-refractivity contribution in [3.8, 4) is 0 Å². The van der Waals surface area contributed by atoms with Crippen molar-refractivity contribution in [2.75, 3.05) is 23.4 Å². The van der Waals surface area contributed by atoms with Gasteiger partial charge in [0.1, 0.15) is 30.6 Å². The zero-order chi connectivity index (χ0) is 21.8. The van der Waals surface area contributed by atoms with Crippen LogP contribution in [0.15, 0.2) is 24.3 Å². The van der Waals surface area contributed by atoms with Gasteiger partial charge in [-0.15, -0.1) is 0 Å². The normalized spacial score (nSPS) is 15.2. The van der Waals surface area contributed by atoms with Gasteiger partial charge in [-0.1, -0.05) is 0 Å². The molecule has 1 aromatic carbocycles. The van der Waals surface area contributed by atoms with Gasteiger partial charge >= 0.3 is 115 Å². The molecule has 10 nitrogen and oxygen atoms in total. The summed E-state index contributed by atoms with van der Waals surface area (Å²) in [5.41, 5.74) is 0.568. The van der Waals surface area contributed by atoms with Crippen molar-refractivity contribution in [2.45, 2.75) is 30.8 Å². The number of aliphatic hydroxyl groups is 4. The van der Waals surface area contributed by atoms with E-state index in [0.717, 1.165) is 0 Å². The van der Waals surface area contributed by atoms with Crippen LogP contribution in [-0.4, -0.2) is 96.7 Å². The van der Waals surface area contributed by atoms with Crippen LogP contribution in [0.3, 0.4) is 0 Å². The summed E-state index contributed by atoms with van der Waals surface area (Å²) >= 11 is 0.0732. The molecule has 0 aliphatic carbocycles. The number of hydrogen-bond acceptors (Lipinski definition) is 9. The molecule has 0 saturated heterocycles. The second-order valence-electron chi connectivity index (χ2n) is 5.95. The molecule has 0 saturated carbocycles. The molecule has 0 radical (unpaired) electrons. The maximum atomic E-state index is 11.9. The third kappa shape index (κ3) is 9.16. The van der Waals surface area contributed by atoms with Gasteiger partial charge in [0.05, 0.1) is 6.61 Å². The SMILES string of the molecule is O=C[C@H](NC(=O)CCSCC(=O)Nc1ccc([As]=O)cc1)[C@@H](O)[C@H](O)[C@H](O)CO. The summed E-state index contributed by atoms with van der Waals surface area (Å²) in [4.78, 5) is 34.7. The standard InChI is InChI=1S/C17H23AsN2O8S/c21-7-12(16(26)17(27)13(23)8-22)20-14(24)5-6-29-9-15(25)19-11-3-1-10(18-28)2-4-11/h1-4,7,12-13,16-17,22-23,26-27H,5-6,8-9H2,(H,19,25)(H,20,24)/t12-,13+,16+,17+/m0/s1. The molecule has 29 heavy (non-hydrogen) atoms. The van der Waals surface area contributed by atoms with Crippen molar-refractivity contribution in [1.82, 2.24) is 5.32 Å². The number of benzene rings is 1. The van der Waals surface area contributed by atoms with Gasteiger partial charge in [-0.3, -0.25) is 0 Å². The molecule has 4 atom stereocenters. The van der Waals surface area contributed by atoms with Gasteiger partial charge < -0.3 is 25.2 Å². The molecule has 0 aliphatic heterocycles. The molecule has 12 heteroatoms. The van der Waals surface area contributed by atoms with Crippen LogP contribution >= 0.6 is 11.8 Å². The third-order valence-electron chi connectivity index (χ3n) is 3.74. The number of aliphatic hydroxyl groups excluding tert-OH is 4. The van der Waals surface area contributed by atoms with E-state index < -0.39 is 52.6 Å². The van der Waals surface area contributed by atoms with Crippen molar-refractivity contribution in [3.63, 3.8) is 0 Å². The molecule has 0 fully saturated rings. The second-order valence-corrected chi connectivity index (χ2v) is 8.52. The Labute approximate surface area is 178 Å². The van der Waals surface area contributed by atoms with Gasteiger partial charge in [-0.25, -0.2) is 0 Å². The zero-order valence-electron chi connectivity index (χ0n) is 15.3. The second kappa shape index (κ2) is 13.6. The number of amides is 2. The topological polar surface area (TPSA) is 173 Å². The van der Waals surface area contributed by atoms with Crippen LogP contribution in [0.1, 0.15) is 6.42 Å². The van der Waals surface area contributed by atoms with Crippen LogP contribution in [0.5, 0.6) is 0 Å². The predicted octanol–water partition coefficient (Wildman–Crippen LogP) is -2.82. The van der Waals surface area contributed by atoms with E-state index in [1.165, 1.54) is 11.8 Å². The van der Waals surface area contributed by atoms with E-state index in [9.17, 15) is 33.4 Å². The average molecular weight is 490 g/mol. The Morgan fingerprint density at radius 2 is 1.76 bits per heavy atom. The Morgan fingerprint density at radius 1 is 1.10 bits per heavy atom. The van der Waals surface area contributed by atoms with Gasteiger partial charge in [0.25, 0.3) is 0 Å². The number of carbonyl (C=O) groups is 3. The minimum atomic E-state index is -1.81. The van der Waals surface area contributed by atoms with Crippen molar-refractivity contribution < 1.29 is 38.5 Å². The maximum Gasteiger partial charge on any atom is 0.110 e. The Morgan fingerprint density at radius 3 is 2.31 bits per heavy atom. The first-order valence-electron chi connectivity index (χ1n) is 8.53. The van der Waals surface area contributed by atoms with Crippen molar-refractivity contribution in [2.24, 2.45) is 0 Å². The first kappa shape index (κ1) is 25.4. The monoisotopic (exact) mass is 490 g/mol. The molecule has 0 spiro atoms. The molecule has 0 aliphatic rings. The molecule has 0 aromatic heterocycles. The Balaban J connectivity index is 2.33. The van der Waals surface area contributed by atoms with E-state index in [4.69, 9.17) is 5.11 Å². The molecule has 0 bridgehead atoms. The summed E-state index contributed by atoms with van der Waals surface area (Å²) < 4.78 is 11.5. The largest absolute Gasteiger partial charge is 0.394 e. The quantitative estimate of drug-likeness (QED) is 0.0969. The first-order chi connectivity index (χ1) is 13.8. The van der Waals surface area contributed by atoms with Crippen molar-refractivity contribution >= 4 is 55.6 Å². The number of anilines is 1. The fourth-order valence-corrected chi connectivity index (χ4v) is 3.44. The molecular formula is C17H23AsN2O8S. The summed E-state index contributed by atoms with van der Waals surface area (Å²) in [6, 6.07) is 5.16. The predicted molar refractivity (Wildman–Crippen MR) is 106 cm³/mol. The van der Waals surface area contributed by atoms with Gasteiger partial charge in [-0.05, 0) is 0 Å². The van der Waals surface area contributed by atoms with E-state index in [2.05, 4.69) is 10.6 Å². The molecule has 160 valence electrons. The van der Waals surface area contributed by atoms with Crippen LogP contribution < -0.4 is 15.0 Å². The Kier molecular flexibility index (Phi) is 11.9. The molecular weight excluding hydrogens is 467 g/mol. The fourth-order valence-electron chi connectivity index (χ4n) is 2.14. The number of nitrogens with one attached hydrogen (secondary N) is 2. The van der Waals surface area contributed by atoms with E-state index in [-0.39, 0.29) is 30.1 Å². The van der Waals surface area contributed by atoms with Gasteiger partial charge in [-0.2, -0.15) is 0 Å². The van der Waals surface area contributed by atoms with Crippen LogP contribution in [0, 0.1) is 0 Å². The number of rotatable bonds is 13. The van der Waals surface area contributed by atoms with Gasteiger partial charge in [0.2, 0.25) is 0 Å². The number of thioether (sulfide) groups is 1. The minimum absolute atomic E-state index is 0.0467. The smallest absolute Gasteiger partial charge is 0.110 e. The summed E-state index contributed by atoms with van der Waals surface area (Å²) in [6.07, 6.45) is -5.08. The van der Waals surface area contributed by atoms with E-state index in [1.807, 2.05) is 0 Å².